The summed E-state index contributed by atoms with van der Waals surface area (Å²) in [6.07, 6.45) is 7.78. The predicted octanol–water partition coefficient (Wildman–Crippen LogP) is 0.924. The van der Waals surface area contributed by atoms with Crippen molar-refractivity contribution in [3.63, 3.8) is 0 Å². The van der Waals surface area contributed by atoms with Gasteiger partial charge < -0.3 is 11.1 Å². The molecule has 1 heterocycles. The third-order valence-corrected chi connectivity index (χ3v) is 6.14. The van der Waals surface area contributed by atoms with Gasteiger partial charge in [0.1, 0.15) is 0 Å². The van der Waals surface area contributed by atoms with Crippen LogP contribution in [0.3, 0.4) is 0 Å². The van der Waals surface area contributed by atoms with Crippen molar-refractivity contribution in [3.05, 3.63) is 0 Å². The Hall–Kier alpha value is -0.860. The molecule has 1 aliphatic carbocycles. The molecule has 0 bridgehead atoms. The summed E-state index contributed by atoms with van der Waals surface area (Å²) in [7, 11) is -3.73. The Balaban J connectivity index is 1.79. The van der Waals surface area contributed by atoms with E-state index in [1.807, 2.05) is 0 Å². The summed E-state index contributed by atoms with van der Waals surface area (Å²) in [6, 6.07) is -0.504. The van der Waals surface area contributed by atoms with Crippen molar-refractivity contribution in [3.8, 4) is 0 Å². The SMILES string of the molecule is NCCC1CCN(S(=O)(=O)NC(=O)NC2CCCCC2)CC1. The molecule has 0 aromatic rings. The highest BCUT2D eigenvalue weighted by molar-refractivity contribution is 7.87. The minimum Gasteiger partial charge on any atom is -0.335 e. The molecule has 2 amide bonds. The zero-order valence-electron chi connectivity index (χ0n) is 13.1. The molecule has 0 spiro atoms. The fraction of sp³-hybridized carbons (Fsp3) is 0.929. The van der Waals surface area contributed by atoms with Crippen molar-refractivity contribution >= 4 is 16.2 Å². The number of amides is 2. The summed E-state index contributed by atoms with van der Waals surface area (Å²) in [5.41, 5.74) is 5.54. The van der Waals surface area contributed by atoms with Crippen LogP contribution in [0.2, 0.25) is 0 Å². The van der Waals surface area contributed by atoms with E-state index in [2.05, 4.69) is 10.0 Å². The molecule has 22 heavy (non-hydrogen) atoms. The average Bonchev–Trinajstić information content (AvgIpc) is 2.48. The molecule has 0 atom stereocenters. The van der Waals surface area contributed by atoms with Gasteiger partial charge in [-0.3, -0.25) is 0 Å². The van der Waals surface area contributed by atoms with Gasteiger partial charge in [0, 0.05) is 19.1 Å². The van der Waals surface area contributed by atoms with Crippen LogP contribution in [0.1, 0.15) is 51.4 Å². The van der Waals surface area contributed by atoms with E-state index in [-0.39, 0.29) is 6.04 Å². The average molecular weight is 332 g/mol. The van der Waals surface area contributed by atoms with Crippen molar-refractivity contribution < 1.29 is 13.2 Å². The van der Waals surface area contributed by atoms with Crippen LogP contribution in [0.5, 0.6) is 0 Å². The van der Waals surface area contributed by atoms with Crippen LogP contribution in [0.15, 0.2) is 0 Å². The largest absolute Gasteiger partial charge is 0.335 e. The number of urea groups is 1. The van der Waals surface area contributed by atoms with Gasteiger partial charge in [-0.05, 0) is 44.6 Å². The van der Waals surface area contributed by atoms with Crippen molar-refractivity contribution in [2.24, 2.45) is 11.7 Å². The van der Waals surface area contributed by atoms with Crippen LogP contribution in [-0.4, -0.2) is 44.4 Å². The number of carbonyl (C=O) groups excluding carboxylic acids is 1. The Bertz CT molecular complexity index is 455. The highest BCUT2D eigenvalue weighted by atomic mass is 32.2. The summed E-state index contributed by atoms with van der Waals surface area (Å²) in [6.45, 7) is 1.55. The topological polar surface area (TPSA) is 105 Å². The number of piperidine rings is 1. The van der Waals surface area contributed by atoms with Gasteiger partial charge in [0.05, 0.1) is 0 Å². The van der Waals surface area contributed by atoms with Crippen LogP contribution >= 0.6 is 0 Å². The van der Waals surface area contributed by atoms with E-state index < -0.39 is 16.2 Å². The van der Waals surface area contributed by atoms with E-state index in [1.54, 1.807) is 0 Å². The number of nitrogens with one attached hydrogen (secondary N) is 2. The van der Waals surface area contributed by atoms with Gasteiger partial charge >= 0.3 is 16.2 Å². The van der Waals surface area contributed by atoms with Crippen LogP contribution in [0, 0.1) is 5.92 Å². The van der Waals surface area contributed by atoms with Crippen molar-refractivity contribution in [1.29, 1.82) is 0 Å². The molecule has 0 aromatic heterocycles. The first-order valence-electron chi connectivity index (χ1n) is 8.29. The number of rotatable bonds is 5. The molecular weight excluding hydrogens is 304 g/mol. The zero-order chi connectivity index (χ0) is 16.0. The van der Waals surface area contributed by atoms with Crippen molar-refractivity contribution in [1.82, 2.24) is 14.3 Å². The predicted molar refractivity (Wildman–Crippen MR) is 85.4 cm³/mol. The molecule has 0 aromatic carbocycles. The molecule has 4 N–H and O–H groups in total. The second-order valence-electron chi connectivity index (χ2n) is 6.34. The lowest BCUT2D eigenvalue weighted by molar-refractivity contribution is 0.234. The van der Waals surface area contributed by atoms with Gasteiger partial charge in [-0.15, -0.1) is 0 Å². The van der Waals surface area contributed by atoms with Gasteiger partial charge in [0.25, 0.3) is 0 Å². The fourth-order valence-electron chi connectivity index (χ4n) is 3.32. The molecule has 128 valence electrons. The number of hydrogen-bond acceptors (Lipinski definition) is 4. The van der Waals surface area contributed by atoms with E-state index in [9.17, 15) is 13.2 Å². The Morgan fingerprint density at radius 3 is 2.32 bits per heavy atom. The van der Waals surface area contributed by atoms with E-state index in [1.165, 1.54) is 10.7 Å². The summed E-state index contributed by atoms with van der Waals surface area (Å²) < 4.78 is 28.0. The van der Waals surface area contributed by atoms with E-state index in [0.717, 1.165) is 44.9 Å². The number of hydrogen-bond donors (Lipinski definition) is 3. The third kappa shape index (κ3) is 5.10. The van der Waals surface area contributed by atoms with E-state index in [4.69, 9.17) is 5.73 Å². The monoisotopic (exact) mass is 332 g/mol. The second-order valence-corrected chi connectivity index (χ2v) is 8.01. The van der Waals surface area contributed by atoms with Gasteiger partial charge in [0.15, 0.2) is 0 Å². The molecule has 2 aliphatic rings. The molecular formula is C14H28N4O3S. The molecule has 1 aliphatic heterocycles. The Labute approximate surface area is 133 Å². The summed E-state index contributed by atoms with van der Waals surface area (Å²) in [5.74, 6) is 0.493. The van der Waals surface area contributed by atoms with Crippen LogP contribution in [0.4, 0.5) is 4.79 Å². The first-order valence-corrected chi connectivity index (χ1v) is 9.73. The zero-order valence-corrected chi connectivity index (χ0v) is 13.9. The van der Waals surface area contributed by atoms with Gasteiger partial charge in [-0.1, -0.05) is 19.3 Å². The molecule has 2 fully saturated rings. The number of nitrogens with two attached hydrogens (primary N) is 1. The molecule has 0 radical (unpaired) electrons. The molecule has 2 rings (SSSR count). The third-order valence-electron chi connectivity index (χ3n) is 4.65. The Morgan fingerprint density at radius 1 is 1.09 bits per heavy atom. The van der Waals surface area contributed by atoms with Gasteiger partial charge in [0.2, 0.25) is 0 Å². The molecule has 1 saturated heterocycles. The van der Waals surface area contributed by atoms with E-state index >= 15 is 0 Å². The Kier molecular flexibility index (Phi) is 6.46. The molecule has 8 heteroatoms. The standard InChI is InChI=1S/C14H28N4O3S/c15-9-6-12-7-10-18(11-8-12)22(20,21)17-14(19)16-13-4-2-1-3-5-13/h12-13H,1-11,15H2,(H2,16,17,19). The maximum Gasteiger partial charge on any atom is 0.329 e. The maximum absolute atomic E-state index is 12.2. The molecule has 7 nitrogen and oxygen atoms in total. The first-order chi connectivity index (χ1) is 10.5. The minimum atomic E-state index is -3.73. The highest BCUT2D eigenvalue weighted by Crippen LogP contribution is 2.21. The second kappa shape index (κ2) is 8.12. The molecule has 1 saturated carbocycles. The normalized spacial score (nSPS) is 22.4. The van der Waals surface area contributed by atoms with E-state index in [0.29, 0.717) is 25.6 Å². The number of nitrogens with zero attached hydrogens (tertiary/aromatic N) is 1. The quantitative estimate of drug-likeness (QED) is 0.696. The van der Waals surface area contributed by atoms with Crippen LogP contribution in [0.25, 0.3) is 0 Å². The lowest BCUT2D eigenvalue weighted by Crippen LogP contribution is -2.51. The highest BCUT2D eigenvalue weighted by Gasteiger charge is 2.29. The summed E-state index contributed by atoms with van der Waals surface area (Å²) in [4.78, 5) is 11.9. The lowest BCUT2D eigenvalue weighted by atomic mass is 9.95. The van der Waals surface area contributed by atoms with Gasteiger partial charge in [-0.25, -0.2) is 9.52 Å². The van der Waals surface area contributed by atoms with Crippen molar-refractivity contribution in [2.75, 3.05) is 19.6 Å². The summed E-state index contributed by atoms with van der Waals surface area (Å²) >= 11 is 0. The van der Waals surface area contributed by atoms with Crippen molar-refractivity contribution in [2.45, 2.75) is 57.4 Å². The maximum atomic E-state index is 12.2. The first kappa shape index (κ1) is 17.5. The van der Waals surface area contributed by atoms with Crippen LogP contribution < -0.4 is 15.8 Å². The fourth-order valence-corrected chi connectivity index (χ4v) is 4.43. The Morgan fingerprint density at radius 2 is 1.73 bits per heavy atom. The van der Waals surface area contributed by atoms with Crippen LogP contribution in [-0.2, 0) is 10.2 Å². The smallest absolute Gasteiger partial charge is 0.329 e. The van der Waals surface area contributed by atoms with Gasteiger partial charge in [-0.2, -0.15) is 12.7 Å². The number of carbonyl (C=O) groups is 1. The molecule has 0 unspecified atom stereocenters. The minimum absolute atomic E-state index is 0.0965. The lowest BCUT2D eigenvalue weighted by Gasteiger charge is -2.31. The summed E-state index contributed by atoms with van der Waals surface area (Å²) in [5, 5.41) is 2.77.